The summed E-state index contributed by atoms with van der Waals surface area (Å²) < 4.78 is 11.1. The van der Waals surface area contributed by atoms with Crippen molar-refractivity contribution in [2.45, 2.75) is 13.0 Å². The molecule has 1 atom stereocenters. The Morgan fingerprint density at radius 3 is 2.76 bits per heavy atom. The van der Waals surface area contributed by atoms with Gasteiger partial charge in [-0.2, -0.15) is 5.10 Å². The van der Waals surface area contributed by atoms with E-state index in [1.54, 1.807) is 25.1 Å². The van der Waals surface area contributed by atoms with Gasteiger partial charge in [-0.05, 0) is 31.2 Å². The van der Waals surface area contributed by atoms with Crippen molar-refractivity contribution in [3.63, 3.8) is 0 Å². The van der Waals surface area contributed by atoms with E-state index in [9.17, 15) is 9.90 Å². The summed E-state index contributed by atoms with van der Waals surface area (Å²) in [5.74, 6) is 0.452. The van der Waals surface area contributed by atoms with E-state index in [0.717, 1.165) is 0 Å². The molecular weight excluding hydrogens is 367 g/mol. The SMILES string of the molecule is C/C(=N\NC(=O)[C@H]1COc2ccccc2O1)c1cc(Cl)cc(Cl)c1O. The van der Waals surface area contributed by atoms with Crippen molar-refractivity contribution < 1.29 is 19.4 Å². The standard InChI is InChI=1S/C17H14Cl2N2O4/c1-9(11-6-10(18)7-12(19)16(11)22)20-21-17(23)15-8-24-13-4-2-3-5-14(13)25-15/h2-7,15,22H,8H2,1H3,(H,21,23)/b20-9+/t15-/m1/s1. The maximum atomic E-state index is 12.2. The summed E-state index contributed by atoms with van der Waals surface area (Å²) in [5.41, 5.74) is 3.06. The van der Waals surface area contributed by atoms with Gasteiger partial charge in [0.1, 0.15) is 12.4 Å². The Bertz CT molecular complexity index is 855. The second kappa shape index (κ2) is 7.21. The first kappa shape index (κ1) is 17.4. The number of nitrogens with one attached hydrogen (secondary N) is 1. The van der Waals surface area contributed by atoms with E-state index in [1.807, 2.05) is 6.07 Å². The lowest BCUT2D eigenvalue weighted by molar-refractivity contribution is -0.130. The van der Waals surface area contributed by atoms with Gasteiger partial charge in [-0.25, -0.2) is 5.43 Å². The van der Waals surface area contributed by atoms with E-state index >= 15 is 0 Å². The average molecular weight is 381 g/mol. The van der Waals surface area contributed by atoms with Gasteiger partial charge in [0, 0.05) is 10.6 Å². The van der Waals surface area contributed by atoms with Gasteiger partial charge in [0.2, 0.25) is 6.10 Å². The first-order valence-electron chi connectivity index (χ1n) is 7.36. The Kier molecular flexibility index (Phi) is 5.01. The summed E-state index contributed by atoms with van der Waals surface area (Å²) >= 11 is 11.8. The highest BCUT2D eigenvalue weighted by atomic mass is 35.5. The Morgan fingerprint density at radius 2 is 2.00 bits per heavy atom. The third kappa shape index (κ3) is 3.81. The van der Waals surface area contributed by atoms with Crippen molar-refractivity contribution in [1.82, 2.24) is 5.43 Å². The topological polar surface area (TPSA) is 80.2 Å². The van der Waals surface area contributed by atoms with E-state index in [4.69, 9.17) is 32.7 Å². The molecule has 0 spiro atoms. The zero-order valence-electron chi connectivity index (χ0n) is 13.1. The number of carbonyl (C=O) groups is 1. The molecule has 0 saturated heterocycles. The van der Waals surface area contributed by atoms with Crippen LogP contribution in [0.1, 0.15) is 12.5 Å². The fourth-order valence-electron chi connectivity index (χ4n) is 2.26. The molecule has 8 heteroatoms. The van der Waals surface area contributed by atoms with Crippen LogP contribution in [0.4, 0.5) is 0 Å². The summed E-state index contributed by atoms with van der Waals surface area (Å²) in [7, 11) is 0. The molecule has 2 N–H and O–H groups in total. The summed E-state index contributed by atoms with van der Waals surface area (Å²) in [6.07, 6.45) is -0.831. The molecule has 130 valence electrons. The molecule has 2 aromatic carbocycles. The third-order valence-corrected chi connectivity index (χ3v) is 4.06. The number of hydrazone groups is 1. The molecule has 2 aromatic rings. The number of carbonyl (C=O) groups excluding carboxylic acids is 1. The molecule has 1 aliphatic heterocycles. The van der Waals surface area contributed by atoms with Gasteiger partial charge in [-0.15, -0.1) is 0 Å². The minimum absolute atomic E-state index is 0.0751. The fraction of sp³-hybridized carbons (Fsp3) is 0.176. The van der Waals surface area contributed by atoms with Crippen molar-refractivity contribution in [3.05, 3.63) is 52.0 Å². The Balaban J connectivity index is 1.71. The predicted molar refractivity (Wildman–Crippen MR) is 94.8 cm³/mol. The highest BCUT2D eigenvalue weighted by molar-refractivity contribution is 6.36. The number of amides is 1. The molecule has 0 bridgehead atoms. The highest BCUT2D eigenvalue weighted by Crippen LogP contribution is 2.32. The van der Waals surface area contributed by atoms with E-state index in [2.05, 4.69) is 10.5 Å². The van der Waals surface area contributed by atoms with Crippen LogP contribution in [0.2, 0.25) is 10.0 Å². The molecule has 1 heterocycles. The number of para-hydroxylation sites is 2. The number of phenolic OH excluding ortho intramolecular Hbond substituents is 1. The number of ether oxygens (including phenoxy) is 2. The Labute approximate surface area is 154 Å². The molecule has 0 aromatic heterocycles. The van der Waals surface area contributed by atoms with Gasteiger partial charge < -0.3 is 14.6 Å². The van der Waals surface area contributed by atoms with Crippen LogP contribution in [-0.4, -0.2) is 29.4 Å². The second-order valence-corrected chi connectivity index (χ2v) is 6.16. The molecule has 3 rings (SSSR count). The van der Waals surface area contributed by atoms with Gasteiger partial charge >= 0.3 is 0 Å². The van der Waals surface area contributed by atoms with Gasteiger partial charge in [0.25, 0.3) is 5.91 Å². The van der Waals surface area contributed by atoms with Crippen LogP contribution >= 0.6 is 23.2 Å². The van der Waals surface area contributed by atoms with Crippen LogP contribution in [0.5, 0.6) is 17.2 Å². The van der Waals surface area contributed by atoms with E-state index in [1.165, 1.54) is 12.1 Å². The normalized spacial score (nSPS) is 16.4. The quantitative estimate of drug-likeness (QED) is 0.631. The number of fused-ring (bicyclic) bond motifs is 1. The Morgan fingerprint density at radius 1 is 1.28 bits per heavy atom. The minimum Gasteiger partial charge on any atom is -0.506 e. The lowest BCUT2D eigenvalue weighted by Crippen LogP contribution is -2.42. The first-order valence-corrected chi connectivity index (χ1v) is 8.12. The largest absolute Gasteiger partial charge is 0.506 e. The lowest BCUT2D eigenvalue weighted by Gasteiger charge is -2.24. The van der Waals surface area contributed by atoms with Gasteiger partial charge in [-0.3, -0.25) is 4.79 Å². The molecule has 6 nitrogen and oxygen atoms in total. The van der Waals surface area contributed by atoms with Crippen molar-refractivity contribution >= 4 is 34.8 Å². The van der Waals surface area contributed by atoms with Crippen LogP contribution in [0.15, 0.2) is 41.5 Å². The molecule has 1 aliphatic rings. The number of halogens is 2. The van der Waals surface area contributed by atoms with Crippen molar-refractivity contribution in [3.8, 4) is 17.2 Å². The van der Waals surface area contributed by atoms with Crippen LogP contribution in [-0.2, 0) is 4.79 Å². The van der Waals surface area contributed by atoms with Crippen molar-refractivity contribution in [1.29, 1.82) is 0 Å². The van der Waals surface area contributed by atoms with Crippen LogP contribution in [0, 0.1) is 0 Å². The maximum Gasteiger partial charge on any atom is 0.284 e. The smallest absolute Gasteiger partial charge is 0.284 e. The predicted octanol–water partition coefficient (Wildman–Crippen LogP) is 3.38. The monoisotopic (exact) mass is 380 g/mol. The van der Waals surface area contributed by atoms with Gasteiger partial charge in [0.05, 0.1) is 10.7 Å². The first-order chi connectivity index (χ1) is 12.0. The van der Waals surface area contributed by atoms with Gasteiger partial charge in [-0.1, -0.05) is 35.3 Å². The van der Waals surface area contributed by atoms with Crippen LogP contribution < -0.4 is 14.9 Å². The molecule has 0 saturated carbocycles. The number of aromatic hydroxyl groups is 1. The van der Waals surface area contributed by atoms with Crippen LogP contribution in [0.3, 0.4) is 0 Å². The van der Waals surface area contributed by atoms with Gasteiger partial charge in [0.15, 0.2) is 11.5 Å². The fourth-order valence-corrected chi connectivity index (χ4v) is 2.76. The second-order valence-electron chi connectivity index (χ2n) is 5.32. The summed E-state index contributed by atoms with van der Waals surface area (Å²) in [5, 5.41) is 14.4. The summed E-state index contributed by atoms with van der Waals surface area (Å²) in [6.45, 7) is 1.68. The zero-order chi connectivity index (χ0) is 18.0. The number of phenols is 1. The number of hydrogen-bond donors (Lipinski definition) is 2. The average Bonchev–Trinajstić information content (AvgIpc) is 2.62. The number of benzene rings is 2. The maximum absolute atomic E-state index is 12.2. The number of rotatable bonds is 3. The molecule has 25 heavy (non-hydrogen) atoms. The van der Waals surface area contributed by atoms with E-state index in [0.29, 0.717) is 27.8 Å². The molecule has 0 aliphatic carbocycles. The zero-order valence-corrected chi connectivity index (χ0v) is 14.6. The van der Waals surface area contributed by atoms with Crippen LogP contribution in [0.25, 0.3) is 0 Å². The molecule has 1 amide bonds. The third-order valence-electron chi connectivity index (χ3n) is 3.55. The number of nitrogens with zero attached hydrogens (tertiary/aromatic N) is 1. The highest BCUT2D eigenvalue weighted by Gasteiger charge is 2.27. The minimum atomic E-state index is -0.831. The molecule has 0 unspecified atom stereocenters. The van der Waals surface area contributed by atoms with E-state index in [-0.39, 0.29) is 17.4 Å². The molecule has 0 fully saturated rings. The molecule has 0 radical (unpaired) electrons. The van der Waals surface area contributed by atoms with Crippen molar-refractivity contribution in [2.75, 3.05) is 6.61 Å². The molecular formula is C17H14Cl2N2O4. The number of hydrogen-bond acceptors (Lipinski definition) is 5. The van der Waals surface area contributed by atoms with Crippen molar-refractivity contribution in [2.24, 2.45) is 5.10 Å². The Hall–Kier alpha value is -2.44. The van der Waals surface area contributed by atoms with E-state index < -0.39 is 12.0 Å². The summed E-state index contributed by atoms with van der Waals surface area (Å²) in [4.78, 5) is 12.2. The summed E-state index contributed by atoms with van der Waals surface area (Å²) in [6, 6.07) is 10.0. The lowest BCUT2D eigenvalue weighted by atomic mass is 10.1.